The van der Waals surface area contributed by atoms with Crippen LogP contribution in [0.3, 0.4) is 0 Å². The number of nitriles is 1. The van der Waals surface area contributed by atoms with Gasteiger partial charge in [0, 0.05) is 24.0 Å². The Kier molecular flexibility index (Phi) is 5.53. The zero-order chi connectivity index (χ0) is 16.8. The molecular weight excluding hydrogens is 293 g/mol. The summed E-state index contributed by atoms with van der Waals surface area (Å²) in [7, 11) is 0. The molecule has 23 heavy (non-hydrogen) atoms. The van der Waals surface area contributed by atoms with Crippen LogP contribution in [0.15, 0.2) is 41.7 Å². The molecule has 0 fully saturated rings. The molecule has 1 aromatic rings. The molecule has 4 nitrogen and oxygen atoms in total. The van der Waals surface area contributed by atoms with Gasteiger partial charge < -0.3 is 10.6 Å². The van der Waals surface area contributed by atoms with E-state index in [-0.39, 0.29) is 11.5 Å². The van der Waals surface area contributed by atoms with Gasteiger partial charge in [-0.05, 0) is 43.4 Å². The van der Waals surface area contributed by atoms with Crippen LogP contribution in [0.2, 0.25) is 0 Å². The molecule has 0 saturated heterocycles. The van der Waals surface area contributed by atoms with E-state index in [1.54, 1.807) is 23.2 Å². The predicted octanol–water partition coefficient (Wildman–Crippen LogP) is 3.00. The first-order valence-electron chi connectivity index (χ1n) is 7.69. The van der Waals surface area contributed by atoms with Crippen LogP contribution in [0.4, 0.5) is 4.39 Å². The molecule has 2 rings (SSSR count). The molecule has 5 heteroatoms. The molecule has 0 spiro atoms. The third-order valence-corrected chi connectivity index (χ3v) is 3.84. The SMILES string of the molecule is CC/C(=C\Cc1ccc(C#N)c(F)c1)C(=O)N1C=C(N)CCC1. The zero-order valence-corrected chi connectivity index (χ0v) is 13.2. The van der Waals surface area contributed by atoms with E-state index in [2.05, 4.69) is 0 Å². The Balaban J connectivity index is 2.12. The molecule has 0 aliphatic carbocycles. The highest BCUT2D eigenvalue weighted by Gasteiger charge is 2.18. The summed E-state index contributed by atoms with van der Waals surface area (Å²) in [5.74, 6) is -0.584. The third kappa shape index (κ3) is 4.19. The van der Waals surface area contributed by atoms with E-state index in [1.807, 2.05) is 13.0 Å². The lowest BCUT2D eigenvalue weighted by atomic mass is 10.0. The highest BCUT2D eigenvalue weighted by molar-refractivity contribution is 5.94. The van der Waals surface area contributed by atoms with Gasteiger partial charge in [0.1, 0.15) is 11.9 Å². The first kappa shape index (κ1) is 16.8. The molecule has 0 unspecified atom stereocenters. The molecule has 1 amide bonds. The molecule has 1 aromatic carbocycles. The van der Waals surface area contributed by atoms with Crippen molar-refractivity contribution in [3.05, 3.63) is 58.7 Å². The average Bonchev–Trinajstić information content (AvgIpc) is 2.55. The van der Waals surface area contributed by atoms with Crippen LogP contribution in [-0.2, 0) is 11.2 Å². The lowest BCUT2D eigenvalue weighted by molar-refractivity contribution is -0.125. The van der Waals surface area contributed by atoms with Crippen molar-refractivity contribution in [1.29, 1.82) is 5.26 Å². The summed E-state index contributed by atoms with van der Waals surface area (Å²) < 4.78 is 13.6. The van der Waals surface area contributed by atoms with Crippen molar-refractivity contribution in [2.75, 3.05) is 6.54 Å². The van der Waals surface area contributed by atoms with Crippen LogP contribution in [0.5, 0.6) is 0 Å². The van der Waals surface area contributed by atoms with E-state index >= 15 is 0 Å². The van der Waals surface area contributed by atoms with Gasteiger partial charge in [0.25, 0.3) is 5.91 Å². The summed E-state index contributed by atoms with van der Waals surface area (Å²) in [4.78, 5) is 14.2. The number of amides is 1. The maximum absolute atomic E-state index is 13.6. The molecule has 2 N–H and O–H groups in total. The molecule has 0 saturated carbocycles. The first-order valence-corrected chi connectivity index (χ1v) is 7.69. The molecule has 1 heterocycles. The van der Waals surface area contributed by atoms with E-state index in [0.29, 0.717) is 30.7 Å². The topological polar surface area (TPSA) is 70.1 Å². The number of benzene rings is 1. The number of nitrogens with zero attached hydrogens (tertiary/aromatic N) is 2. The molecule has 0 bridgehead atoms. The lowest BCUT2D eigenvalue weighted by Gasteiger charge is -2.24. The second kappa shape index (κ2) is 7.59. The van der Waals surface area contributed by atoms with Crippen LogP contribution in [-0.4, -0.2) is 17.4 Å². The van der Waals surface area contributed by atoms with Gasteiger partial charge in [-0.25, -0.2) is 4.39 Å². The van der Waals surface area contributed by atoms with Crippen molar-refractivity contribution in [1.82, 2.24) is 4.90 Å². The molecule has 1 aliphatic rings. The monoisotopic (exact) mass is 313 g/mol. The van der Waals surface area contributed by atoms with Gasteiger partial charge in [0.05, 0.1) is 5.56 Å². The smallest absolute Gasteiger partial charge is 0.253 e. The minimum Gasteiger partial charge on any atom is -0.401 e. The standard InChI is InChI=1S/C18H20FN3O/c1-2-14(18(23)22-9-3-4-16(21)12-22)7-5-13-6-8-15(11-20)17(19)10-13/h6-8,10,12H,2-5,9,21H2,1H3/b14-7+. The van der Waals surface area contributed by atoms with Crippen LogP contribution < -0.4 is 5.73 Å². The summed E-state index contributed by atoms with van der Waals surface area (Å²) in [6.07, 6.45) is 6.26. The number of hydrogen-bond acceptors (Lipinski definition) is 3. The van der Waals surface area contributed by atoms with Gasteiger partial charge >= 0.3 is 0 Å². The van der Waals surface area contributed by atoms with Crippen molar-refractivity contribution >= 4 is 5.91 Å². The maximum atomic E-state index is 13.6. The van der Waals surface area contributed by atoms with Gasteiger partial charge in [-0.2, -0.15) is 5.26 Å². The Bertz CT molecular complexity index is 701. The van der Waals surface area contributed by atoms with Gasteiger partial charge in [-0.15, -0.1) is 0 Å². The molecule has 120 valence electrons. The molecule has 0 radical (unpaired) electrons. The highest BCUT2D eigenvalue weighted by Crippen LogP contribution is 2.16. The maximum Gasteiger partial charge on any atom is 0.253 e. The predicted molar refractivity (Wildman–Crippen MR) is 86.4 cm³/mol. The fourth-order valence-electron chi connectivity index (χ4n) is 2.53. The van der Waals surface area contributed by atoms with E-state index in [4.69, 9.17) is 11.0 Å². The number of allylic oxidation sites excluding steroid dienone is 2. The third-order valence-electron chi connectivity index (χ3n) is 3.84. The molecule has 0 atom stereocenters. The highest BCUT2D eigenvalue weighted by atomic mass is 19.1. The number of nitrogens with two attached hydrogens (primary N) is 1. The minimum atomic E-state index is -0.533. The Morgan fingerprint density at radius 1 is 1.52 bits per heavy atom. The van der Waals surface area contributed by atoms with Crippen molar-refractivity contribution in [2.45, 2.75) is 32.6 Å². The van der Waals surface area contributed by atoms with E-state index in [0.717, 1.165) is 18.4 Å². The van der Waals surface area contributed by atoms with Crippen LogP contribution in [0.25, 0.3) is 0 Å². The van der Waals surface area contributed by atoms with E-state index in [1.165, 1.54) is 12.1 Å². The summed E-state index contributed by atoms with van der Waals surface area (Å²) in [5, 5.41) is 8.74. The summed E-state index contributed by atoms with van der Waals surface area (Å²) in [6, 6.07) is 6.29. The summed E-state index contributed by atoms with van der Waals surface area (Å²) in [6.45, 7) is 2.59. The Hall–Kier alpha value is -2.61. The fraction of sp³-hybridized carbons (Fsp3) is 0.333. The summed E-state index contributed by atoms with van der Waals surface area (Å²) in [5.41, 5.74) is 7.95. The van der Waals surface area contributed by atoms with Gasteiger partial charge in [0.15, 0.2) is 0 Å². The van der Waals surface area contributed by atoms with Gasteiger partial charge in [-0.1, -0.05) is 19.1 Å². The van der Waals surface area contributed by atoms with E-state index < -0.39 is 5.82 Å². The van der Waals surface area contributed by atoms with Crippen LogP contribution in [0, 0.1) is 17.1 Å². The molecule has 0 aromatic heterocycles. The second-order valence-electron chi connectivity index (χ2n) is 5.52. The Labute approximate surface area is 135 Å². The van der Waals surface area contributed by atoms with Crippen molar-refractivity contribution in [3.63, 3.8) is 0 Å². The number of hydrogen-bond donors (Lipinski definition) is 1. The number of halogens is 1. The summed E-state index contributed by atoms with van der Waals surface area (Å²) >= 11 is 0. The first-order chi connectivity index (χ1) is 11.0. The minimum absolute atomic E-state index is 0.0263. The van der Waals surface area contributed by atoms with Crippen LogP contribution in [0.1, 0.15) is 37.3 Å². The van der Waals surface area contributed by atoms with Gasteiger partial charge in [-0.3, -0.25) is 4.79 Å². The molecular formula is C18H20FN3O. The van der Waals surface area contributed by atoms with Crippen molar-refractivity contribution in [3.8, 4) is 6.07 Å². The Morgan fingerprint density at radius 2 is 2.30 bits per heavy atom. The Morgan fingerprint density at radius 3 is 2.91 bits per heavy atom. The number of carbonyl (C=O) groups excluding carboxylic acids is 1. The normalized spacial score (nSPS) is 15.1. The van der Waals surface area contributed by atoms with Gasteiger partial charge in [0.2, 0.25) is 0 Å². The van der Waals surface area contributed by atoms with Crippen molar-refractivity contribution in [2.24, 2.45) is 5.73 Å². The quantitative estimate of drug-likeness (QED) is 0.869. The second-order valence-corrected chi connectivity index (χ2v) is 5.52. The zero-order valence-electron chi connectivity index (χ0n) is 13.2. The fourth-order valence-corrected chi connectivity index (χ4v) is 2.53. The van der Waals surface area contributed by atoms with Crippen LogP contribution >= 0.6 is 0 Å². The average molecular weight is 313 g/mol. The number of carbonyl (C=O) groups is 1. The molecule has 1 aliphatic heterocycles. The van der Waals surface area contributed by atoms with E-state index in [9.17, 15) is 9.18 Å². The van der Waals surface area contributed by atoms with Crippen molar-refractivity contribution < 1.29 is 9.18 Å². The number of rotatable bonds is 4. The largest absolute Gasteiger partial charge is 0.401 e. The lowest BCUT2D eigenvalue weighted by Crippen LogP contribution is -2.32.